The third-order valence-corrected chi connectivity index (χ3v) is 5.37. The molecule has 0 N–H and O–H groups in total. The van der Waals surface area contributed by atoms with Crippen molar-refractivity contribution in [1.29, 1.82) is 0 Å². The Bertz CT molecular complexity index is 1040. The summed E-state index contributed by atoms with van der Waals surface area (Å²) in [4.78, 5) is 52.7. The number of halogens is 2. The highest BCUT2D eigenvalue weighted by Gasteiger charge is 2.37. The molecule has 3 rings (SSSR count). The number of carbonyl (C=O) groups excluding carboxylic acids is 3. The maximum atomic E-state index is 13.4. The van der Waals surface area contributed by atoms with Gasteiger partial charge in [0, 0.05) is 30.9 Å². The number of aromatic nitrogens is 1. The minimum absolute atomic E-state index is 0.0746. The van der Waals surface area contributed by atoms with E-state index in [0.717, 1.165) is 22.8 Å². The lowest BCUT2D eigenvalue weighted by Crippen LogP contribution is -2.48. The van der Waals surface area contributed by atoms with Crippen LogP contribution in [0.4, 0.5) is 4.39 Å². The molecule has 2 atom stereocenters. The molecule has 0 saturated carbocycles. The molecule has 1 fully saturated rings. The number of rotatable bonds is 6. The molecule has 164 valence electrons. The van der Waals surface area contributed by atoms with E-state index < -0.39 is 41.0 Å². The SMILES string of the molecule is CCOC(=O)[C@@H]1CCCN(C(=O)[C@@H](C(=O)c2ccc(F)cc2)n2cc(Cl)ccc2=O)C1. The van der Waals surface area contributed by atoms with E-state index in [0.29, 0.717) is 19.4 Å². The molecule has 0 spiro atoms. The molecule has 1 aliphatic heterocycles. The summed E-state index contributed by atoms with van der Waals surface area (Å²) in [5.74, 6) is -2.75. The van der Waals surface area contributed by atoms with Crippen LogP contribution in [0.3, 0.4) is 0 Å². The Morgan fingerprint density at radius 3 is 2.58 bits per heavy atom. The number of hydrogen-bond acceptors (Lipinski definition) is 5. The maximum Gasteiger partial charge on any atom is 0.310 e. The number of pyridine rings is 1. The molecule has 0 radical (unpaired) electrons. The Labute approximate surface area is 183 Å². The molecule has 31 heavy (non-hydrogen) atoms. The zero-order valence-electron chi connectivity index (χ0n) is 16.9. The van der Waals surface area contributed by atoms with E-state index >= 15 is 0 Å². The lowest BCUT2D eigenvalue weighted by atomic mass is 9.96. The number of amides is 1. The molecule has 9 heteroatoms. The molecule has 1 aromatic heterocycles. The second-order valence-corrected chi connectivity index (χ2v) is 7.68. The van der Waals surface area contributed by atoms with Crippen LogP contribution in [0.5, 0.6) is 0 Å². The van der Waals surface area contributed by atoms with Gasteiger partial charge in [0.05, 0.1) is 17.5 Å². The van der Waals surface area contributed by atoms with Crippen LogP contribution in [-0.2, 0) is 14.3 Å². The van der Waals surface area contributed by atoms with Crippen molar-refractivity contribution in [3.63, 3.8) is 0 Å². The van der Waals surface area contributed by atoms with Gasteiger partial charge in [0.25, 0.3) is 11.5 Å². The van der Waals surface area contributed by atoms with Gasteiger partial charge in [0.2, 0.25) is 0 Å². The fourth-order valence-corrected chi connectivity index (χ4v) is 3.78. The van der Waals surface area contributed by atoms with Crippen molar-refractivity contribution >= 4 is 29.3 Å². The second-order valence-electron chi connectivity index (χ2n) is 7.24. The highest BCUT2D eigenvalue weighted by atomic mass is 35.5. The molecule has 0 aliphatic carbocycles. The third-order valence-electron chi connectivity index (χ3n) is 5.14. The predicted octanol–water partition coefficient (Wildman–Crippen LogP) is 2.87. The molecule has 1 aromatic carbocycles. The number of piperidine rings is 1. The zero-order chi connectivity index (χ0) is 22.5. The van der Waals surface area contributed by atoms with E-state index in [2.05, 4.69) is 0 Å². The van der Waals surface area contributed by atoms with Gasteiger partial charge in [-0.2, -0.15) is 0 Å². The molecule has 7 nitrogen and oxygen atoms in total. The van der Waals surface area contributed by atoms with Gasteiger partial charge in [-0.15, -0.1) is 0 Å². The molecule has 1 saturated heterocycles. The van der Waals surface area contributed by atoms with Gasteiger partial charge in [-0.05, 0) is 50.1 Å². The number of nitrogens with zero attached hydrogens (tertiary/aromatic N) is 2. The first kappa shape index (κ1) is 22.7. The monoisotopic (exact) mass is 448 g/mol. The first-order valence-electron chi connectivity index (χ1n) is 9.94. The normalized spacial score (nSPS) is 17.1. The van der Waals surface area contributed by atoms with Crippen molar-refractivity contribution in [3.05, 3.63) is 69.4 Å². The zero-order valence-corrected chi connectivity index (χ0v) is 17.7. The molecular weight excluding hydrogens is 427 g/mol. The molecule has 1 aliphatic rings. The summed E-state index contributed by atoms with van der Waals surface area (Å²) in [6, 6.07) is 5.72. The van der Waals surface area contributed by atoms with Gasteiger partial charge in [-0.3, -0.25) is 23.7 Å². The summed E-state index contributed by atoms with van der Waals surface area (Å²) < 4.78 is 19.4. The summed E-state index contributed by atoms with van der Waals surface area (Å²) in [5.41, 5.74) is -0.511. The van der Waals surface area contributed by atoms with Crippen molar-refractivity contribution in [1.82, 2.24) is 9.47 Å². The quantitative estimate of drug-likeness (QED) is 0.385. The average molecular weight is 449 g/mol. The Morgan fingerprint density at radius 2 is 1.90 bits per heavy atom. The Hall–Kier alpha value is -3.00. The standard InChI is InChI=1S/C22H22ClFN2O5/c1-2-31-22(30)15-4-3-11-25(12-15)21(29)19(26-13-16(23)7-10-18(26)27)20(28)14-5-8-17(24)9-6-14/h5-10,13,15,19H,2-4,11-12H2,1H3/t15-,19-/m1/s1. The van der Waals surface area contributed by atoms with Gasteiger partial charge in [0.15, 0.2) is 11.8 Å². The van der Waals surface area contributed by atoms with Crippen LogP contribution < -0.4 is 5.56 Å². The van der Waals surface area contributed by atoms with E-state index in [1.165, 1.54) is 29.3 Å². The largest absolute Gasteiger partial charge is 0.466 e. The van der Waals surface area contributed by atoms with Gasteiger partial charge >= 0.3 is 5.97 Å². The van der Waals surface area contributed by atoms with Gasteiger partial charge in [-0.1, -0.05) is 11.6 Å². The van der Waals surface area contributed by atoms with Crippen molar-refractivity contribution < 1.29 is 23.5 Å². The summed E-state index contributed by atoms with van der Waals surface area (Å²) in [6.45, 7) is 2.34. The number of ketones is 1. The molecule has 2 heterocycles. The smallest absolute Gasteiger partial charge is 0.310 e. The predicted molar refractivity (Wildman–Crippen MR) is 111 cm³/mol. The van der Waals surface area contributed by atoms with E-state index in [-0.39, 0.29) is 23.7 Å². The number of Topliss-reactive ketones (excluding diaryl/α,β-unsaturated/α-hetero) is 1. The molecule has 1 amide bonds. The van der Waals surface area contributed by atoms with E-state index in [9.17, 15) is 23.6 Å². The fourth-order valence-electron chi connectivity index (χ4n) is 3.61. The van der Waals surface area contributed by atoms with Gasteiger partial charge in [-0.25, -0.2) is 4.39 Å². The topological polar surface area (TPSA) is 85.7 Å². The first-order valence-corrected chi connectivity index (χ1v) is 10.3. The number of likely N-dealkylation sites (tertiary alicyclic amines) is 1. The number of carbonyl (C=O) groups is 3. The summed E-state index contributed by atoms with van der Waals surface area (Å²) in [7, 11) is 0. The summed E-state index contributed by atoms with van der Waals surface area (Å²) >= 11 is 6.02. The van der Waals surface area contributed by atoms with Crippen LogP contribution in [0.2, 0.25) is 5.02 Å². The molecule has 0 unspecified atom stereocenters. The van der Waals surface area contributed by atoms with Gasteiger partial charge in [0.1, 0.15) is 5.82 Å². The minimum atomic E-state index is -1.53. The third kappa shape index (κ3) is 5.19. The number of hydrogen-bond donors (Lipinski definition) is 0. The van der Waals surface area contributed by atoms with Crippen LogP contribution in [0.25, 0.3) is 0 Å². The van der Waals surface area contributed by atoms with Crippen LogP contribution in [0, 0.1) is 11.7 Å². The van der Waals surface area contributed by atoms with E-state index in [1.54, 1.807) is 6.92 Å². The van der Waals surface area contributed by atoms with Crippen LogP contribution in [-0.4, -0.2) is 46.8 Å². The fraction of sp³-hybridized carbons (Fsp3) is 0.364. The van der Waals surface area contributed by atoms with Crippen molar-refractivity contribution in [2.45, 2.75) is 25.8 Å². The Balaban J connectivity index is 1.97. The second kappa shape index (κ2) is 9.87. The number of benzene rings is 1. The first-order chi connectivity index (χ1) is 14.8. The van der Waals surface area contributed by atoms with Crippen LogP contribution in [0.15, 0.2) is 47.4 Å². The van der Waals surface area contributed by atoms with Crippen LogP contribution >= 0.6 is 11.6 Å². The maximum absolute atomic E-state index is 13.4. The van der Waals surface area contributed by atoms with E-state index in [4.69, 9.17) is 16.3 Å². The minimum Gasteiger partial charge on any atom is -0.466 e. The van der Waals surface area contributed by atoms with Crippen LogP contribution in [0.1, 0.15) is 36.2 Å². The lowest BCUT2D eigenvalue weighted by molar-refractivity contribution is -0.151. The lowest BCUT2D eigenvalue weighted by Gasteiger charge is -2.34. The Kier molecular flexibility index (Phi) is 7.22. The highest BCUT2D eigenvalue weighted by Crippen LogP contribution is 2.24. The average Bonchev–Trinajstić information content (AvgIpc) is 2.77. The number of esters is 1. The summed E-state index contributed by atoms with van der Waals surface area (Å²) in [6.07, 6.45) is 2.34. The van der Waals surface area contributed by atoms with E-state index in [1.807, 2.05) is 0 Å². The molecular formula is C22H22ClFN2O5. The van der Waals surface area contributed by atoms with Gasteiger partial charge < -0.3 is 9.64 Å². The van der Waals surface area contributed by atoms with Crippen molar-refractivity contribution in [3.8, 4) is 0 Å². The molecule has 0 bridgehead atoms. The summed E-state index contributed by atoms with van der Waals surface area (Å²) in [5, 5.41) is 0.173. The van der Waals surface area contributed by atoms with Crippen molar-refractivity contribution in [2.24, 2.45) is 5.92 Å². The number of ether oxygens (including phenoxy) is 1. The highest BCUT2D eigenvalue weighted by molar-refractivity contribution is 6.30. The van der Waals surface area contributed by atoms with Crippen molar-refractivity contribution in [2.75, 3.05) is 19.7 Å². The Morgan fingerprint density at radius 1 is 1.19 bits per heavy atom. The molecule has 2 aromatic rings.